The van der Waals surface area contributed by atoms with Crippen LogP contribution in [0.4, 0.5) is 0 Å². The van der Waals surface area contributed by atoms with Crippen LogP contribution in [0.5, 0.6) is 5.75 Å². The van der Waals surface area contributed by atoms with Crippen LogP contribution in [-0.4, -0.2) is 24.2 Å². The van der Waals surface area contributed by atoms with Crippen molar-refractivity contribution in [3.8, 4) is 62.0 Å². The molecule has 10 rings (SSSR count). The summed E-state index contributed by atoms with van der Waals surface area (Å²) in [5, 5.41) is 15.1. The fraction of sp³-hybridized carbons (Fsp3) is 0.333. The minimum absolute atomic E-state index is 0.00637. The molecule has 3 heterocycles. The predicted molar refractivity (Wildman–Crippen MR) is 329 cm³/mol. The van der Waals surface area contributed by atoms with E-state index in [9.17, 15) is 5.11 Å². The highest BCUT2D eigenvalue weighted by Gasteiger charge is 2.31. The second-order valence-electron chi connectivity index (χ2n) is 28.0. The Balaban J connectivity index is 1.20. The van der Waals surface area contributed by atoms with Crippen LogP contribution in [0.1, 0.15) is 158 Å². The molecule has 0 fully saturated rings. The maximum atomic E-state index is 12.6. The first-order valence-electron chi connectivity index (χ1n) is 27.7. The van der Waals surface area contributed by atoms with Crippen molar-refractivity contribution in [2.45, 2.75) is 157 Å². The van der Waals surface area contributed by atoms with Crippen LogP contribution < -0.4 is 0 Å². The zero-order valence-corrected chi connectivity index (χ0v) is 49.2. The summed E-state index contributed by atoms with van der Waals surface area (Å²) >= 11 is 0. The molecule has 0 bridgehead atoms. The average molecular weight is 1020 g/mol. The number of phenolic OH excluding ortho intramolecular Hbond substituents is 1. The Labute approximate surface area is 459 Å². The van der Waals surface area contributed by atoms with Gasteiger partial charge < -0.3 is 9.67 Å². The largest absolute Gasteiger partial charge is 0.507 e. The first kappa shape index (κ1) is 53.2. The van der Waals surface area contributed by atoms with Gasteiger partial charge in [0.1, 0.15) is 11.6 Å². The van der Waals surface area contributed by atoms with Gasteiger partial charge in [0, 0.05) is 50.6 Å². The summed E-state index contributed by atoms with van der Waals surface area (Å²) < 4.78 is 4.76. The normalized spacial score (nSPS) is 13.1. The molecule has 10 aromatic rings. The van der Waals surface area contributed by atoms with E-state index in [1.54, 1.807) is 0 Å². The predicted octanol–water partition coefficient (Wildman–Crippen LogP) is 19.7. The van der Waals surface area contributed by atoms with E-state index in [-0.39, 0.29) is 38.2 Å². The van der Waals surface area contributed by atoms with Gasteiger partial charge in [0.2, 0.25) is 0 Å². The summed E-state index contributed by atoms with van der Waals surface area (Å²) in [6.45, 7) is 40.8. The van der Waals surface area contributed by atoms with Gasteiger partial charge >= 0.3 is 0 Å². The first-order valence-corrected chi connectivity index (χ1v) is 27.7. The van der Waals surface area contributed by atoms with E-state index in [1.807, 2.05) is 6.20 Å². The van der Waals surface area contributed by atoms with Crippen molar-refractivity contribution in [1.82, 2.24) is 19.1 Å². The molecule has 0 saturated heterocycles. The van der Waals surface area contributed by atoms with E-state index in [2.05, 4.69) is 279 Å². The molecule has 0 aliphatic heterocycles. The SMILES string of the molecule is CC(C)(C)c1cc(-n2c(-c3cc(C(C)(C)C)cc(C(C)(C)C)c3O)nc3c(-c4cccc(-c5cc(-c6cc(C(C)(C)C)cc7c8cc(C(C)(C)C)ccc8n(-c8ccccc8)c67)ccn5)c4)cccc32)cc(C(C)(C)C)c1. The van der Waals surface area contributed by atoms with E-state index < -0.39 is 0 Å². The minimum atomic E-state index is -0.322. The van der Waals surface area contributed by atoms with Crippen LogP contribution in [0.25, 0.3) is 89.1 Å². The molecule has 0 aliphatic rings. The maximum absolute atomic E-state index is 12.6. The summed E-state index contributed by atoms with van der Waals surface area (Å²) in [6, 6.07) is 53.8. The minimum Gasteiger partial charge on any atom is -0.507 e. The molecule has 5 nitrogen and oxygen atoms in total. The van der Waals surface area contributed by atoms with Gasteiger partial charge in [-0.3, -0.25) is 9.55 Å². The third kappa shape index (κ3) is 9.92. The summed E-state index contributed by atoms with van der Waals surface area (Å²) in [5.41, 5.74) is 19.6. The Morgan fingerprint density at radius 3 is 1.56 bits per heavy atom. The Hall–Kier alpha value is -7.24. The molecular weight excluding hydrogens is 937 g/mol. The molecule has 0 aliphatic carbocycles. The van der Waals surface area contributed by atoms with Gasteiger partial charge in [-0.25, -0.2) is 4.98 Å². The molecule has 0 saturated carbocycles. The number of hydrogen-bond acceptors (Lipinski definition) is 3. The Kier molecular flexibility index (Phi) is 12.7. The smallest absolute Gasteiger partial charge is 0.149 e. The lowest BCUT2D eigenvalue weighted by Gasteiger charge is -2.28. The number of para-hydroxylation sites is 2. The number of aromatic hydroxyl groups is 1. The summed E-state index contributed by atoms with van der Waals surface area (Å²) in [7, 11) is 0. The van der Waals surface area contributed by atoms with Gasteiger partial charge in [0.25, 0.3) is 0 Å². The van der Waals surface area contributed by atoms with Crippen molar-refractivity contribution in [1.29, 1.82) is 0 Å². The lowest BCUT2D eigenvalue weighted by Crippen LogP contribution is -2.18. The molecule has 0 spiro atoms. The topological polar surface area (TPSA) is 55.9 Å². The fourth-order valence-corrected chi connectivity index (χ4v) is 10.9. The summed E-state index contributed by atoms with van der Waals surface area (Å²) in [6.07, 6.45) is 1.97. The highest BCUT2D eigenvalue weighted by Crippen LogP contribution is 2.47. The van der Waals surface area contributed by atoms with E-state index in [4.69, 9.17) is 9.97 Å². The third-order valence-electron chi connectivity index (χ3n) is 15.8. The van der Waals surface area contributed by atoms with Crippen LogP contribution in [0.2, 0.25) is 0 Å². The van der Waals surface area contributed by atoms with E-state index in [0.717, 1.165) is 67.0 Å². The lowest BCUT2D eigenvalue weighted by atomic mass is 9.78. The molecule has 394 valence electrons. The fourth-order valence-electron chi connectivity index (χ4n) is 10.9. The zero-order valence-electron chi connectivity index (χ0n) is 49.2. The molecule has 0 atom stereocenters. The molecule has 7 aromatic carbocycles. The monoisotopic (exact) mass is 1020 g/mol. The molecule has 0 amide bonds. The number of nitrogens with zero attached hydrogens (tertiary/aromatic N) is 4. The Morgan fingerprint density at radius 2 is 0.935 bits per heavy atom. The van der Waals surface area contributed by atoms with Gasteiger partial charge in [-0.05, 0) is 150 Å². The number of rotatable bonds is 6. The molecule has 5 heteroatoms. The summed E-state index contributed by atoms with van der Waals surface area (Å²) in [4.78, 5) is 10.8. The standard InChI is InChI=1S/C72H80N4O/c1-67(2,3)47-30-31-61-56(39-47)57-41-50(70(10,11)12)40-55(64(57)75(61)52-26-20-19-21-27-52)45-32-33-73-60(35-45)46-25-22-24-44(34-46)54-28-23-29-62-63(54)74-66(58-42-51(71(13,14)15)43-59(65(58)77)72(16,17)18)76(62)53-37-48(68(4,5)6)36-49(38-53)69(7,8)9/h19-43,77H,1-18H3. The Morgan fingerprint density at radius 1 is 0.377 bits per heavy atom. The van der Waals surface area contributed by atoms with Crippen molar-refractivity contribution in [2.24, 2.45) is 0 Å². The number of imidazole rings is 1. The molecule has 0 unspecified atom stereocenters. The van der Waals surface area contributed by atoms with Crippen LogP contribution in [0, 0.1) is 0 Å². The van der Waals surface area contributed by atoms with Crippen molar-refractivity contribution >= 4 is 32.8 Å². The maximum Gasteiger partial charge on any atom is 0.149 e. The number of fused-ring (bicyclic) bond motifs is 4. The van der Waals surface area contributed by atoms with Crippen LogP contribution in [0.3, 0.4) is 0 Å². The van der Waals surface area contributed by atoms with Crippen molar-refractivity contribution in [3.63, 3.8) is 0 Å². The highest BCUT2D eigenvalue weighted by molar-refractivity contribution is 6.14. The van der Waals surface area contributed by atoms with Gasteiger partial charge in [0.05, 0.1) is 33.3 Å². The zero-order chi connectivity index (χ0) is 55.5. The average Bonchev–Trinajstić information content (AvgIpc) is 4.18. The van der Waals surface area contributed by atoms with E-state index in [1.165, 1.54) is 49.6 Å². The Bertz CT molecular complexity index is 3880. The van der Waals surface area contributed by atoms with Crippen LogP contribution >= 0.6 is 0 Å². The first-order chi connectivity index (χ1) is 35.9. The number of aromatic nitrogens is 4. The van der Waals surface area contributed by atoms with Gasteiger partial charge in [0.15, 0.2) is 0 Å². The van der Waals surface area contributed by atoms with E-state index >= 15 is 0 Å². The second kappa shape index (κ2) is 18.5. The van der Waals surface area contributed by atoms with Gasteiger partial charge in [-0.15, -0.1) is 0 Å². The molecule has 0 radical (unpaired) electrons. The van der Waals surface area contributed by atoms with Crippen LogP contribution in [0.15, 0.2) is 152 Å². The third-order valence-corrected chi connectivity index (χ3v) is 15.8. The molecular formula is C72H80N4O. The molecule has 3 aromatic heterocycles. The van der Waals surface area contributed by atoms with E-state index in [0.29, 0.717) is 5.82 Å². The highest BCUT2D eigenvalue weighted by atomic mass is 16.3. The number of phenols is 1. The second-order valence-corrected chi connectivity index (χ2v) is 28.0. The number of hydrogen-bond donors (Lipinski definition) is 1. The summed E-state index contributed by atoms with van der Waals surface area (Å²) in [5.74, 6) is 0.980. The van der Waals surface area contributed by atoms with Crippen molar-refractivity contribution in [2.75, 3.05) is 0 Å². The lowest BCUT2D eigenvalue weighted by molar-refractivity contribution is 0.446. The van der Waals surface area contributed by atoms with Gasteiger partial charge in [-0.1, -0.05) is 191 Å². The van der Waals surface area contributed by atoms with Crippen molar-refractivity contribution < 1.29 is 5.11 Å². The van der Waals surface area contributed by atoms with Crippen LogP contribution in [-0.2, 0) is 32.5 Å². The van der Waals surface area contributed by atoms with Crippen molar-refractivity contribution in [3.05, 3.63) is 185 Å². The molecule has 77 heavy (non-hydrogen) atoms. The number of benzene rings is 7. The number of pyridine rings is 1. The quantitative estimate of drug-likeness (QED) is 0.181. The molecule has 1 N–H and O–H groups in total. The van der Waals surface area contributed by atoms with Gasteiger partial charge in [-0.2, -0.15) is 0 Å².